The lowest BCUT2D eigenvalue weighted by Gasteiger charge is -2.18. The highest BCUT2D eigenvalue weighted by Gasteiger charge is 2.08. The van der Waals surface area contributed by atoms with Crippen molar-refractivity contribution < 1.29 is 9.84 Å². The van der Waals surface area contributed by atoms with Gasteiger partial charge in [-0.15, -0.1) is 0 Å². The number of nitrogens with one attached hydrogen (secondary N) is 1. The van der Waals surface area contributed by atoms with Crippen LogP contribution in [-0.4, -0.2) is 30.9 Å². The molecule has 3 heteroatoms. The third kappa shape index (κ3) is 5.93. The van der Waals surface area contributed by atoms with E-state index in [1.54, 1.807) is 0 Å². The number of hydrogen-bond acceptors (Lipinski definition) is 3. The van der Waals surface area contributed by atoms with Gasteiger partial charge in [0.05, 0.1) is 0 Å². The second kappa shape index (κ2) is 9.78. The average molecular weight is 279 g/mol. The summed E-state index contributed by atoms with van der Waals surface area (Å²) < 4.78 is 5.81. The summed E-state index contributed by atoms with van der Waals surface area (Å²) in [6, 6.07) is 8.58. The monoisotopic (exact) mass is 279 g/mol. The molecule has 2 N–H and O–H groups in total. The maximum atomic E-state index is 9.06. The Kier molecular flexibility index (Phi) is 8.31. The Labute approximate surface area is 123 Å². The third-order valence-electron chi connectivity index (χ3n) is 3.67. The summed E-state index contributed by atoms with van der Waals surface area (Å²) in [5.41, 5.74) is 1.36. The van der Waals surface area contributed by atoms with Crippen LogP contribution in [0.3, 0.4) is 0 Å². The van der Waals surface area contributed by atoms with Gasteiger partial charge in [-0.05, 0) is 49.4 Å². The molecule has 0 heterocycles. The van der Waals surface area contributed by atoms with Crippen LogP contribution >= 0.6 is 0 Å². The van der Waals surface area contributed by atoms with Crippen molar-refractivity contribution in [1.82, 2.24) is 5.32 Å². The second-order valence-electron chi connectivity index (χ2n) is 5.35. The van der Waals surface area contributed by atoms with Crippen molar-refractivity contribution in [3.8, 4) is 5.75 Å². The van der Waals surface area contributed by atoms with E-state index < -0.39 is 0 Å². The van der Waals surface area contributed by atoms with Crippen molar-refractivity contribution in [1.29, 1.82) is 0 Å². The molecule has 2 unspecified atom stereocenters. The van der Waals surface area contributed by atoms with Gasteiger partial charge in [-0.25, -0.2) is 0 Å². The standard InChI is InChI=1S/C17H29NO2/c1-4-11-18-16(10-12-19)13-20-17-8-6-15(7-9-17)14(3)5-2/h6-9,14,16,18-19H,4-5,10-13H2,1-3H3. The number of aliphatic hydroxyl groups is 1. The molecule has 1 rings (SSSR count). The second-order valence-corrected chi connectivity index (χ2v) is 5.35. The zero-order valence-corrected chi connectivity index (χ0v) is 13.1. The van der Waals surface area contributed by atoms with E-state index in [2.05, 4.69) is 38.2 Å². The van der Waals surface area contributed by atoms with Gasteiger partial charge in [0.1, 0.15) is 12.4 Å². The van der Waals surface area contributed by atoms with Gasteiger partial charge in [0.2, 0.25) is 0 Å². The first-order valence-corrected chi connectivity index (χ1v) is 7.78. The molecular weight excluding hydrogens is 250 g/mol. The molecule has 0 saturated carbocycles. The van der Waals surface area contributed by atoms with E-state index in [1.807, 2.05) is 12.1 Å². The topological polar surface area (TPSA) is 41.5 Å². The molecule has 2 atom stereocenters. The summed E-state index contributed by atoms with van der Waals surface area (Å²) in [6.07, 6.45) is 2.97. The van der Waals surface area contributed by atoms with E-state index in [1.165, 1.54) is 5.56 Å². The minimum Gasteiger partial charge on any atom is -0.492 e. The van der Waals surface area contributed by atoms with Gasteiger partial charge in [0.25, 0.3) is 0 Å². The van der Waals surface area contributed by atoms with Crippen molar-refractivity contribution in [2.45, 2.75) is 52.0 Å². The van der Waals surface area contributed by atoms with Crippen LogP contribution in [0.1, 0.15) is 51.5 Å². The molecule has 0 radical (unpaired) electrons. The molecule has 0 bridgehead atoms. The molecular formula is C17H29NO2. The predicted molar refractivity (Wildman–Crippen MR) is 84.4 cm³/mol. The van der Waals surface area contributed by atoms with Crippen LogP contribution in [0.25, 0.3) is 0 Å². The van der Waals surface area contributed by atoms with Crippen molar-refractivity contribution in [3.63, 3.8) is 0 Å². The largest absolute Gasteiger partial charge is 0.492 e. The number of rotatable bonds is 10. The summed E-state index contributed by atoms with van der Waals surface area (Å²) in [5, 5.41) is 12.5. The normalized spacial score (nSPS) is 14.0. The van der Waals surface area contributed by atoms with E-state index in [4.69, 9.17) is 9.84 Å². The van der Waals surface area contributed by atoms with E-state index in [9.17, 15) is 0 Å². The summed E-state index contributed by atoms with van der Waals surface area (Å²) in [4.78, 5) is 0. The molecule has 0 aliphatic rings. The van der Waals surface area contributed by atoms with Crippen molar-refractivity contribution >= 4 is 0 Å². The van der Waals surface area contributed by atoms with Gasteiger partial charge in [0.15, 0.2) is 0 Å². The Morgan fingerprint density at radius 2 is 1.90 bits per heavy atom. The Morgan fingerprint density at radius 1 is 1.20 bits per heavy atom. The molecule has 0 saturated heterocycles. The average Bonchev–Trinajstić information content (AvgIpc) is 2.49. The first kappa shape index (κ1) is 17.0. The highest BCUT2D eigenvalue weighted by Crippen LogP contribution is 2.21. The molecule has 3 nitrogen and oxygen atoms in total. The fourth-order valence-corrected chi connectivity index (χ4v) is 2.07. The predicted octanol–water partition coefficient (Wildman–Crippen LogP) is 3.33. The molecule has 0 fully saturated rings. The summed E-state index contributed by atoms with van der Waals surface area (Å²) in [5.74, 6) is 1.50. The van der Waals surface area contributed by atoms with Gasteiger partial charge < -0.3 is 15.2 Å². The smallest absolute Gasteiger partial charge is 0.119 e. The molecule has 1 aromatic carbocycles. The molecule has 0 amide bonds. The summed E-state index contributed by atoms with van der Waals surface area (Å²) >= 11 is 0. The lowest BCUT2D eigenvalue weighted by atomic mass is 9.99. The lowest BCUT2D eigenvalue weighted by molar-refractivity contribution is 0.214. The minimum atomic E-state index is 0.192. The number of aliphatic hydroxyl groups excluding tert-OH is 1. The first-order valence-electron chi connectivity index (χ1n) is 7.78. The quantitative estimate of drug-likeness (QED) is 0.690. The van der Waals surface area contributed by atoms with Gasteiger partial charge in [-0.2, -0.15) is 0 Å². The van der Waals surface area contributed by atoms with Gasteiger partial charge in [-0.1, -0.05) is 32.9 Å². The van der Waals surface area contributed by atoms with Crippen molar-refractivity contribution in [3.05, 3.63) is 29.8 Å². The minimum absolute atomic E-state index is 0.192. The van der Waals surface area contributed by atoms with Crippen molar-refractivity contribution in [2.24, 2.45) is 0 Å². The Balaban J connectivity index is 2.46. The molecule has 0 aliphatic heterocycles. The molecule has 114 valence electrons. The van der Waals surface area contributed by atoms with Gasteiger partial charge in [0, 0.05) is 12.6 Å². The molecule has 0 spiro atoms. The van der Waals surface area contributed by atoms with E-state index in [-0.39, 0.29) is 12.6 Å². The lowest BCUT2D eigenvalue weighted by Crippen LogP contribution is -2.36. The maximum Gasteiger partial charge on any atom is 0.119 e. The number of benzene rings is 1. The van der Waals surface area contributed by atoms with E-state index in [0.29, 0.717) is 12.5 Å². The molecule has 0 aliphatic carbocycles. The van der Waals surface area contributed by atoms with Gasteiger partial charge >= 0.3 is 0 Å². The van der Waals surface area contributed by atoms with Crippen LogP contribution in [0.4, 0.5) is 0 Å². The zero-order chi connectivity index (χ0) is 14.8. The zero-order valence-electron chi connectivity index (χ0n) is 13.1. The molecule has 20 heavy (non-hydrogen) atoms. The van der Waals surface area contributed by atoms with E-state index >= 15 is 0 Å². The molecule has 1 aromatic rings. The number of ether oxygens (including phenoxy) is 1. The highest BCUT2D eigenvalue weighted by atomic mass is 16.5. The maximum absolute atomic E-state index is 9.06. The van der Waals surface area contributed by atoms with Crippen LogP contribution in [0.5, 0.6) is 5.75 Å². The van der Waals surface area contributed by atoms with E-state index in [0.717, 1.165) is 31.6 Å². The summed E-state index contributed by atoms with van der Waals surface area (Å²) in [7, 11) is 0. The van der Waals surface area contributed by atoms with Crippen LogP contribution in [0.15, 0.2) is 24.3 Å². The fraction of sp³-hybridized carbons (Fsp3) is 0.647. The van der Waals surface area contributed by atoms with Crippen LogP contribution in [-0.2, 0) is 0 Å². The van der Waals surface area contributed by atoms with Crippen LogP contribution in [0, 0.1) is 0 Å². The highest BCUT2D eigenvalue weighted by molar-refractivity contribution is 5.29. The Morgan fingerprint density at radius 3 is 2.45 bits per heavy atom. The SMILES string of the molecule is CCCNC(CCO)COc1ccc(C(C)CC)cc1. The third-order valence-corrected chi connectivity index (χ3v) is 3.67. The first-order chi connectivity index (χ1) is 9.71. The van der Waals surface area contributed by atoms with Crippen LogP contribution in [0.2, 0.25) is 0 Å². The van der Waals surface area contributed by atoms with Gasteiger partial charge in [-0.3, -0.25) is 0 Å². The number of hydrogen-bond donors (Lipinski definition) is 2. The Hall–Kier alpha value is -1.06. The molecule has 0 aromatic heterocycles. The fourth-order valence-electron chi connectivity index (χ4n) is 2.07. The van der Waals surface area contributed by atoms with Crippen LogP contribution < -0.4 is 10.1 Å². The Bertz CT molecular complexity index is 351. The van der Waals surface area contributed by atoms with Crippen molar-refractivity contribution in [2.75, 3.05) is 19.8 Å². The summed E-state index contributed by atoms with van der Waals surface area (Å²) in [6.45, 7) is 8.33.